The minimum atomic E-state index is -0.223. The van der Waals surface area contributed by atoms with Crippen LogP contribution in [0.25, 0.3) is 0 Å². The number of rotatable bonds is 6. The number of piperazine rings is 1. The van der Waals surface area contributed by atoms with Crippen molar-refractivity contribution >= 4 is 17.5 Å². The summed E-state index contributed by atoms with van der Waals surface area (Å²) >= 11 is 0. The van der Waals surface area contributed by atoms with Crippen LogP contribution < -0.4 is 10.1 Å². The first-order chi connectivity index (χ1) is 12.5. The molecular weight excluding hydrogens is 330 g/mol. The Morgan fingerprint density at radius 3 is 2.50 bits per heavy atom. The third-order valence-corrected chi connectivity index (χ3v) is 5.08. The molecule has 0 radical (unpaired) electrons. The molecule has 6 nitrogen and oxygen atoms in total. The lowest BCUT2D eigenvalue weighted by molar-refractivity contribution is -0.135. The number of ether oxygens (including phenoxy) is 1. The smallest absolute Gasteiger partial charge is 0.228 e. The van der Waals surface area contributed by atoms with E-state index in [0.29, 0.717) is 17.9 Å². The Morgan fingerprint density at radius 1 is 1.15 bits per heavy atom. The van der Waals surface area contributed by atoms with Crippen molar-refractivity contribution in [3.05, 3.63) is 24.3 Å². The average molecular weight is 359 g/mol. The van der Waals surface area contributed by atoms with Crippen molar-refractivity contribution < 1.29 is 14.3 Å². The molecule has 1 aliphatic carbocycles. The van der Waals surface area contributed by atoms with Crippen LogP contribution in [-0.2, 0) is 9.59 Å². The van der Waals surface area contributed by atoms with Crippen LogP contribution in [0.4, 0.5) is 5.69 Å². The Labute approximate surface area is 155 Å². The monoisotopic (exact) mass is 359 g/mol. The van der Waals surface area contributed by atoms with Crippen molar-refractivity contribution in [2.24, 2.45) is 11.8 Å². The molecule has 2 aliphatic rings. The van der Waals surface area contributed by atoms with E-state index < -0.39 is 0 Å². The number of carbonyl (C=O) groups is 2. The van der Waals surface area contributed by atoms with Crippen molar-refractivity contribution in [2.75, 3.05) is 38.0 Å². The molecular formula is C20H29N3O3. The Morgan fingerprint density at radius 2 is 1.85 bits per heavy atom. The molecule has 2 atom stereocenters. The standard InChI is InChI=1S/C20H29N3O3/c1-4-22-9-11-23(12-10-22)20(25)16-13-15(16)19(24)21-17-7-5-6-8-18(17)26-14(2)3/h5-8,14-16H,4,9-13H2,1-3H3,(H,21,24). The van der Waals surface area contributed by atoms with Crippen LogP contribution in [0.2, 0.25) is 0 Å². The molecule has 2 amide bonds. The number of para-hydroxylation sites is 2. The molecule has 2 unspecified atom stereocenters. The van der Waals surface area contributed by atoms with E-state index in [0.717, 1.165) is 32.7 Å². The summed E-state index contributed by atoms with van der Waals surface area (Å²) in [4.78, 5) is 29.5. The zero-order valence-electron chi connectivity index (χ0n) is 15.9. The fourth-order valence-electron chi connectivity index (χ4n) is 3.43. The number of benzene rings is 1. The highest BCUT2D eigenvalue weighted by Gasteiger charge is 2.49. The fourth-order valence-corrected chi connectivity index (χ4v) is 3.43. The number of hydrogen-bond acceptors (Lipinski definition) is 4. The Kier molecular flexibility index (Phi) is 5.81. The molecule has 1 heterocycles. The largest absolute Gasteiger partial charge is 0.489 e. The van der Waals surface area contributed by atoms with Crippen molar-refractivity contribution in [3.8, 4) is 5.75 Å². The van der Waals surface area contributed by atoms with E-state index in [1.54, 1.807) is 0 Å². The lowest BCUT2D eigenvalue weighted by Gasteiger charge is -2.34. The van der Waals surface area contributed by atoms with Crippen molar-refractivity contribution in [1.29, 1.82) is 0 Å². The Balaban J connectivity index is 1.54. The van der Waals surface area contributed by atoms with Gasteiger partial charge >= 0.3 is 0 Å². The minimum Gasteiger partial charge on any atom is -0.489 e. The molecule has 1 aromatic rings. The summed E-state index contributed by atoms with van der Waals surface area (Å²) in [5.41, 5.74) is 0.667. The maximum Gasteiger partial charge on any atom is 0.228 e. The highest BCUT2D eigenvalue weighted by molar-refractivity contribution is 6.00. The van der Waals surface area contributed by atoms with Gasteiger partial charge in [-0.15, -0.1) is 0 Å². The summed E-state index contributed by atoms with van der Waals surface area (Å²) in [6, 6.07) is 7.43. The molecule has 0 bridgehead atoms. The first kappa shape index (κ1) is 18.7. The van der Waals surface area contributed by atoms with Crippen molar-refractivity contribution in [2.45, 2.75) is 33.3 Å². The number of amides is 2. The fraction of sp³-hybridized carbons (Fsp3) is 0.600. The van der Waals surface area contributed by atoms with E-state index in [1.807, 2.05) is 43.0 Å². The van der Waals surface area contributed by atoms with Gasteiger partial charge in [-0.05, 0) is 38.9 Å². The first-order valence-electron chi connectivity index (χ1n) is 9.57. The molecule has 1 saturated heterocycles. The SMILES string of the molecule is CCN1CCN(C(=O)C2CC2C(=O)Nc2ccccc2OC(C)C)CC1. The summed E-state index contributed by atoms with van der Waals surface area (Å²) in [6.07, 6.45) is 0.677. The second kappa shape index (κ2) is 8.08. The molecule has 6 heteroatoms. The number of hydrogen-bond donors (Lipinski definition) is 1. The number of likely N-dealkylation sites (N-methyl/N-ethyl adjacent to an activating group) is 1. The molecule has 0 spiro atoms. The molecule has 1 aliphatic heterocycles. The predicted molar refractivity (Wildman–Crippen MR) is 101 cm³/mol. The zero-order chi connectivity index (χ0) is 18.7. The molecule has 26 heavy (non-hydrogen) atoms. The van der Waals surface area contributed by atoms with Gasteiger partial charge in [0, 0.05) is 26.2 Å². The normalized spacial score (nSPS) is 23.0. The number of anilines is 1. The minimum absolute atomic E-state index is 0.0325. The van der Waals surface area contributed by atoms with Gasteiger partial charge in [0.15, 0.2) is 0 Å². The second-order valence-electron chi connectivity index (χ2n) is 7.36. The Bertz CT molecular complexity index is 653. The van der Waals surface area contributed by atoms with Crippen LogP contribution in [0.15, 0.2) is 24.3 Å². The van der Waals surface area contributed by atoms with Gasteiger partial charge in [0.1, 0.15) is 5.75 Å². The molecule has 1 saturated carbocycles. The summed E-state index contributed by atoms with van der Waals surface area (Å²) < 4.78 is 5.74. The summed E-state index contributed by atoms with van der Waals surface area (Å²) in [7, 11) is 0. The number of nitrogens with zero attached hydrogens (tertiary/aromatic N) is 2. The van der Waals surface area contributed by atoms with Gasteiger partial charge in [0.2, 0.25) is 11.8 Å². The topological polar surface area (TPSA) is 61.9 Å². The van der Waals surface area contributed by atoms with E-state index in [9.17, 15) is 9.59 Å². The molecule has 142 valence electrons. The number of nitrogens with one attached hydrogen (secondary N) is 1. The molecule has 2 fully saturated rings. The average Bonchev–Trinajstić information content (AvgIpc) is 3.43. The van der Waals surface area contributed by atoms with Crippen LogP contribution in [0.5, 0.6) is 5.75 Å². The van der Waals surface area contributed by atoms with Gasteiger partial charge in [0.25, 0.3) is 0 Å². The third-order valence-electron chi connectivity index (χ3n) is 5.08. The highest BCUT2D eigenvalue weighted by atomic mass is 16.5. The summed E-state index contributed by atoms with van der Waals surface area (Å²) in [5.74, 6) is 0.318. The Hall–Kier alpha value is -2.08. The highest BCUT2D eigenvalue weighted by Crippen LogP contribution is 2.41. The second-order valence-corrected chi connectivity index (χ2v) is 7.36. The van der Waals surface area contributed by atoms with E-state index in [1.165, 1.54) is 0 Å². The van der Waals surface area contributed by atoms with E-state index in [2.05, 4.69) is 17.1 Å². The van der Waals surface area contributed by atoms with Crippen molar-refractivity contribution in [3.63, 3.8) is 0 Å². The molecule has 1 N–H and O–H groups in total. The maximum absolute atomic E-state index is 12.6. The van der Waals surface area contributed by atoms with E-state index in [4.69, 9.17) is 4.74 Å². The predicted octanol–water partition coefficient (Wildman–Crippen LogP) is 2.21. The first-order valence-corrected chi connectivity index (χ1v) is 9.57. The van der Waals surface area contributed by atoms with Gasteiger partial charge in [0.05, 0.1) is 23.6 Å². The molecule has 1 aromatic carbocycles. The van der Waals surface area contributed by atoms with Crippen LogP contribution in [0.1, 0.15) is 27.2 Å². The third kappa shape index (κ3) is 4.36. The van der Waals surface area contributed by atoms with Crippen LogP contribution >= 0.6 is 0 Å². The molecule has 0 aromatic heterocycles. The number of carbonyl (C=O) groups excluding carboxylic acids is 2. The van der Waals surface area contributed by atoms with Gasteiger partial charge in [-0.25, -0.2) is 0 Å². The van der Waals surface area contributed by atoms with Gasteiger partial charge in [-0.1, -0.05) is 19.1 Å². The van der Waals surface area contributed by atoms with Gasteiger partial charge in [-0.3, -0.25) is 9.59 Å². The van der Waals surface area contributed by atoms with Crippen LogP contribution in [-0.4, -0.2) is 60.4 Å². The van der Waals surface area contributed by atoms with Crippen molar-refractivity contribution in [1.82, 2.24) is 9.80 Å². The lowest BCUT2D eigenvalue weighted by atomic mass is 10.2. The lowest BCUT2D eigenvalue weighted by Crippen LogP contribution is -2.49. The summed E-state index contributed by atoms with van der Waals surface area (Å²) in [6.45, 7) is 10.4. The molecule has 3 rings (SSSR count). The van der Waals surface area contributed by atoms with Crippen LogP contribution in [0.3, 0.4) is 0 Å². The summed E-state index contributed by atoms with van der Waals surface area (Å²) in [5, 5.41) is 2.94. The van der Waals surface area contributed by atoms with E-state index >= 15 is 0 Å². The quantitative estimate of drug-likeness (QED) is 0.846. The maximum atomic E-state index is 12.6. The van der Waals surface area contributed by atoms with Gasteiger partial charge < -0.3 is 19.9 Å². The zero-order valence-corrected chi connectivity index (χ0v) is 15.9. The van der Waals surface area contributed by atoms with Gasteiger partial charge in [-0.2, -0.15) is 0 Å². The van der Waals surface area contributed by atoms with Crippen LogP contribution in [0, 0.1) is 11.8 Å². The van der Waals surface area contributed by atoms with E-state index in [-0.39, 0.29) is 29.8 Å².